The molecule has 0 N–H and O–H groups in total. The van der Waals surface area contributed by atoms with Crippen LogP contribution in [0.4, 0.5) is 15.8 Å². The summed E-state index contributed by atoms with van der Waals surface area (Å²) in [5.74, 6) is -0.591. The van der Waals surface area contributed by atoms with Crippen molar-refractivity contribution in [3.8, 4) is 0 Å². The molecule has 1 rings (SSSR count). The van der Waals surface area contributed by atoms with E-state index in [1.807, 2.05) is 18.9 Å². The molecule has 0 aliphatic heterocycles. The molecule has 0 spiro atoms. The van der Waals surface area contributed by atoms with Gasteiger partial charge in [-0.05, 0) is 18.4 Å². The van der Waals surface area contributed by atoms with E-state index in [0.717, 1.165) is 6.07 Å². The van der Waals surface area contributed by atoms with Crippen molar-refractivity contribution in [2.24, 2.45) is 5.41 Å². The lowest BCUT2D eigenvalue weighted by Gasteiger charge is -2.36. The summed E-state index contributed by atoms with van der Waals surface area (Å²) in [5.41, 5.74) is 0.289. The van der Waals surface area contributed by atoms with Crippen molar-refractivity contribution in [2.45, 2.75) is 33.7 Å². The van der Waals surface area contributed by atoms with Gasteiger partial charge in [0.05, 0.1) is 11.0 Å². The van der Waals surface area contributed by atoms with Gasteiger partial charge in [0, 0.05) is 24.8 Å². The van der Waals surface area contributed by atoms with Crippen LogP contribution in [0.1, 0.15) is 27.7 Å². The van der Waals surface area contributed by atoms with E-state index in [1.54, 1.807) is 0 Å². The van der Waals surface area contributed by atoms with Gasteiger partial charge in [0.1, 0.15) is 5.82 Å². The number of non-ortho nitro benzene ring substituents is 1. The molecule has 0 saturated heterocycles. The molecule has 1 aromatic carbocycles. The molecule has 100 valence electrons. The molecule has 0 aromatic heterocycles. The third kappa shape index (κ3) is 3.18. The minimum atomic E-state index is -0.591. The van der Waals surface area contributed by atoms with Gasteiger partial charge in [0.25, 0.3) is 5.69 Å². The average Bonchev–Trinajstić information content (AvgIpc) is 2.24. The second-order valence-corrected chi connectivity index (χ2v) is 5.58. The van der Waals surface area contributed by atoms with Gasteiger partial charge in [-0.3, -0.25) is 10.1 Å². The SMILES string of the molecule is CC(N(C)c1cc(F)cc([N+](=O)[O-])c1)C(C)(C)C. The molecule has 18 heavy (non-hydrogen) atoms. The van der Waals surface area contributed by atoms with E-state index in [-0.39, 0.29) is 17.1 Å². The zero-order valence-corrected chi connectivity index (χ0v) is 11.4. The van der Waals surface area contributed by atoms with Gasteiger partial charge in [-0.15, -0.1) is 0 Å². The Hall–Kier alpha value is -1.65. The highest BCUT2D eigenvalue weighted by Gasteiger charge is 2.25. The standard InChI is InChI=1S/C13H19FN2O2/c1-9(13(2,3)4)15(5)11-6-10(14)7-12(8-11)16(17)18/h6-9H,1-5H3. The van der Waals surface area contributed by atoms with E-state index < -0.39 is 10.7 Å². The molecule has 0 radical (unpaired) electrons. The van der Waals surface area contributed by atoms with Gasteiger partial charge >= 0.3 is 0 Å². The van der Waals surface area contributed by atoms with E-state index in [9.17, 15) is 14.5 Å². The van der Waals surface area contributed by atoms with Gasteiger partial charge in [0.2, 0.25) is 0 Å². The van der Waals surface area contributed by atoms with Crippen molar-refractivity contribution in [3.63, 3.8) is 0 Å². The number of hydrogen-bond donors (Lipinski definition) is 0. The Bertz CT molecular complexity index is 455. The molecule has 0 saturated carbocycles. The maximum atomic E-state index is 13.4. The molecule has 5 heteroatoms. The summed E-state index contributed by atoms with van der Waals surface area (Å²) in [6.45, 7) is 8.22. The minimum Gasteiger partial charge on any atom is -0.371 e. The van der Waals surface area contributed by atoms with Crippen molar-refractivity contribution >= 4 is 11.4 Å². The molecule has 0 aliphatic carbocycles. The van der Waals surface area contributed by atoms with Crippen LogP contribution in [0.2, 0.25) is 0 Å². The number of benzene rings is 1. The monoisotopic (exact) mass is 254 g/mol. The van der Waals surface area contributed by atoms with Crippen LogP contribution in [0, 0.1) is 21.3 Å². The van der Waals surface area contributed by atoms with Crippen LogP contribution in [-0.2, 0) is 0 Å². The normalized spacial score (nSPS) is 13.2. The summed E-state index contributed by atoms with van der Waals surface area (Å²) >= 11 is 0. The first-order chi connectivity index (χ1) is 8.12. The van der Waals surface area contributed by atoms with E-state index in [0.29, 0.717) is 5.69 Å². The Morgan fingerprint density at radius 1 is 1.33 bits per heavy atom. The van der Waals surface area contributed by atoms with E-state index in [4.69, 9.17) is 0 Å². The zero-order valence-electron chi connectivity index (χ0n) is 11.4. The number of halogens is 1. The number of nitro groups is 1. The van der Waals surface area contributed by atoms with Gasteiger partial charge < -0.3 is 4.90 Å². The Morgan fingerprint density at radius 2 is 1.89 bits per heavy atom. The predicted molar refractivity (Wildman–Crippen MR) is 70.4 cm³/mol. The first-order valence-electron chi connectivity index (χ1n) is 5.80. The summed E-state index contributed by atoms with van der Waals surface area (Å²) < 4.78 is 13.4. The Morgan fingerprint density at radius 3 is 2.33 bits per heavy atom. The van der Waals surface area contributed by atoms with Crippen LogP contribution >= 0.6 is 0 Å². The van der Waals surface area contributed by atoms with Crippen molar-refractivity contribution in [1.29, 1.82) is 0 Å². The lowest BCUT2D eigenvalue weighted by atomic mass is 9.87. The first kappa shape index (κ1) is 14.4. The lowest BCUT2D eigenvalue weighted by molar-refractivity contribution is -0.385. The van der Waals surface area contributed by atoms with Gasteiger partial charge in [0.15, 0.2) is 0 Å². The molecule has 1 atom stereocenters. The maximum Gasteiger partial charge on any atom is 0.274 e. The number of anilines is 1. The molecular formula is C13H19FN2O2. The largest absolute Gasteiger partial charge is 0.371 e. The molecule has 0 amide bonds. The lowest BCUT2D eigenvalue weighted by Crippen LogP contribution is -2.39. The first-order valence-corrected chi connectivity index (χ1v) is 5.80. The summed E-state index contributed by atoms with van der Waals surface area (Å²) in [6, 6.07) is 3.76. The molecule has 4 nitrogen and oxygen atoms in total. The van der Waals surface area contributed by atoms with Crippen molar-refractivity contribution in [1.82, 2.24) is 0 Å². The minimum absolute atomic E-state index is 0.00412. The Labute approximate surface area is 107 Å². The summed E-state index contributed by atoms with van der Waals surface area (Å²) in [6.07, 6.45) is 0. The predicted octanol–water partition coefficient (Wildman–Crippen LogP) is 3.60. The summed E-state index contributed by atoms with van der Waals surface area (Å²) in [4.78, 5) is 12.0. The average molecular weight is 254 g/mol. The molecule has 0 heterocycles. The van der Waals surface area contributed by atoms with Crippen LogP contribution < -0.4 is 4.90 Å². The Kier molecular flexibility index (Phi) is 3.94. The van der Waals surface area contributed by atoms with Gasteiger partial charge in [-0.1, -0.05) is 20.8 Å². The summed E-state index contributed by atoms with van der Waals surface area (Å²) in [7, 11) is 1.81. The fourth-order valence-electron chi connectivity index (χ4n) is 1.67. The molecule has 0 bridgehead atoms. The van der Waals surface area contributed by atoms with Crippen molar-refractivity contribution in [3.05, 3.63) is 34.1 Å². The van der Waals surface area contributed by atoms with Crippen molar-refractivity contribution in [2.75, 3.05) is 11.9 Å². The fraction of sp³-hybridized carbons (Fsp3) is 0.538. The molecule has 0 fully saturated rings. The fourth-order valence-corrected chi connectivity index (χ4v) is 1.67. The highest BCUT2D eigenvalue weighted by molar-refractivity contribution is 5.54. The highest BCUT2D eigenvalue weighted by atomic mass is 19.1. The molecule has 1 unspecified atom stereocenters. The van der Waals surface area contributed by atoms with Crippen LogP contribution in [0.3, 0.4) is 0 Å². The Balaban J connectivity index is 3.13. The maximum absolute atomic E-state index is 13.4. The van der Waals surface area contributed by atoms with Gasteiger partial charge in [-0.25, -0.2) is 4.39 Å². The van der Waals surface area contributed by atoms with E-state index >= 15 is 0 Å². The van der Waals surface area contributed by atoms with Crippen LogP contribution in [0.25, 0.3) is 0 Å². The molecular weight excluding hydrogens is 235 g/mol. The highest BCUT2D eigenvalue weighted by Crippen LogP contribution is 2.29. The topological polar surface area (TPSA) is 46.4 Å². The second-order valence-electron chi connectivity index (χ2n) is 5.58. The quantitative estimate of drug-likeness (QED) is 0.611. The van der Waals surface area contributed by atoms with E-state index in [2.05, 4.69) is 20.8 Å². The zero-order chi connectivity index (χ0) is 14.1. The molecule has 0 aliphatic rings. The van der Waals surface area contributed by atoms with Crippen molar-refractivity contribution < 1.29 is 9.31 Å². The number of rotatable bonds is 3. The van der Waals surface area contributed by atoms with Crippen LogP contribution in [0.5, 0.6) is 0 Å². The van der Waals surface area contributed by atoms with Crippen LogP contribution in [0.15, 0.2) is 18.2 Å². The third-order valence-electron chi connectivity index (χ3n) is 3.32. The number of nitro benzene ring substituents is 1. The summed E-state index contributed by atoms with van der Waals surface area (Å²) in [5, 5.41) is 10.7. The number of hydrogen-bond acceptors (Lipinski definition) is 3. The van der Waals surface area contributed by atoms with E-state index in [1.165, 1.54) is 12.1 Å². The molecule has 1 aromatic rings. The smallest absolute Gasteiger partial charge is 0.274 e. The number of nitrogens with zero attached hydrogens (tertiary/aromatic N) is 2. The van der Waals surface area contributed by atoms with Crippen LogP contribution in [-0.4, -0.2) is 18.0 Å². The van der Waals surface area contributed by atoms with Gasteiger partial charge in [-0.2, -0.15) is 0 Å². The second kappa shape index (κ2) is 4.92. The third-order valence-corrected chi connectivity index (χ3v) is 3.32.